The van der Waals surface area contributed by atoms with Crippen LogP contribution in [0.25, 0.3) is 0 Å². The van der Waals surface area contributed by atoms with Crippen molar-refractivity contribution in [3.05, 3.63) is 29.3 Å². The lowest BCUT2D eigenvalue weighted by Crippen LogP contribution is -2.24. The second-order valence-corrected chi connectivity index (χ2v) is 3.13. The molecule has 0 aromatic heterocycles. The number of methoxy groups -OCH3 is 2. The second kappa shape index (κ2) is 5.83. The molecule has 1 rings (SSSR count). The van der Waals surface area contributed by atoms with Gasteiger partial charge in [-0.2, -0.15) is 0 Å². The number of hydrogen-bond acceptors (Lipinski definition) is 3. The molecular weight excluding hydrogens is 242 g/mol. The first-order chi connectivity index (χ1) is 8.01. The van der Waals surface area contributed by atoms with E-state index in [9.17, 15) is 17.6 Å². The first-order valence-electron chi connectivity index (χ1n) is 4.63. The zero-order chi connectivity index (χ0) is 13.0. The van der Waals surface area contributed by atoms with Crippen molar-refractivity contribution in [3.63, 3.8) is 0 Å². The molecule has 17 heavy (non-hydrogen) atoms. The van der Waals surface area contributed by atoms with E-state index in [0.29, 0.717) is 0 Å². The topological polar surface area (TPSA) is 30.5 Å². The average molecular weight is 253 g/mol. The van der Waals surface area contributed by atoms with Crippen LogP contribution >= 0.6 is 0 Å². The van der Waals surface area contributed by atoms with E-state index in [4.69, 9.17) is 9.47 Å². The molecule has 0 saturated carbocycles. The Morgan fingerprint density at radius 2 is 1.53 bits per heavy atom. The smallest absolute Gasteiger partial charge is 0.185 e. The molecule has 0 bridgehead atoms. The molecule has 0 aliphatic carbocycles. The van der Waals surface area contributed by atoms with Crippen LogP contribution in [0.2, 0.25) is 0 Å². The van der Waals surface area contributed by atoms with Gasteiger partial charge in [0.25, 0.3) is 0 Å². The minimum Gasteiger partial charge on any atom is -0.375 e. The van der Waals surface area contributed by atoms with E-state index in [2.05, 4.69) is 5.32 Å². The van der Waals surface area contributed by atoms with Crippen molar-refractivity contribution in [2.24, 2.45) is 0 Å². The molecule has 0 fully saturated rings. The lowest BCUT2D eigenvalue weighted by molar-refractivity contribution is -0.0914. The van der Waals surface area contributed by atoms with Crippen LogP contribution < -0.4 is 5.32 Å². The molecule has 0 spiro atoms. The van der Waals surface area contributed by atoms with Crippen molar-refractivity contribution in [3.8, 4) is 0 Å². The molecule has 1 aromatic rings. The minimum atomic E-state index is -1.49. The molecule has 0 radical (unpaired) electrons. The molecular formula is C10H11F4NO2. The molecule has 3 nitrogen and oxygen atoms in total. The highest BCUT2D eigenvalue weighted by Crippen LogP contribution is 2.24. The van der Waals surface area contributed by atoms with Crippen molar-refractivity contribution >= 4 is 5.69 Å². The monoisotopic (exact) mass is 253 g/mol. The van der Waals surface area contributed by atoms with E-state index >= 15 is 0 Å². The van der Waals surface area contributed by atoms with Gasteiger partial charge in [-0.05, 0) is 0 Å². The van der Waals surface area contributed by atoms with Crippen molar-refractivity contribution in [2.75, 3.05) is 26.1 Å². The summed E-state index contributed by atoms with van der Waals surface area (Å²) in [5, 5.41) is 2.18. The Morgan fingerprint density at radius 1 is 1.06 bits per heavy atom. The Balaban J connectivity index is 2.90. The number of nitrogens with one attached hydrogen (secondary N) is 1. The molecule has 0 atom stereocenters. The predicted molar refractivity (Wildman–Crippen MR) is 52.6 cm³/mol. The Labute approximate surface area is 95.3 Å². The fourth-order valence-corrected chi connectivity index (χ4v) is 1.18. The summed E-state index contributed by atoms with van der Waals surface area (Å²) in [4.78, 5) is 0. The molecule has 0 heterocycles. The van der Waals surface area contributed by atoms with Gasteiger partial charge in [-0.3, -0.25) is 0 Å². The maximum atomic E-state index is 13.2. The lowest BCUT2D eigenvalue weighted by atomic mass is 10.2. The van der Waals surface area contributed by atoms with Crippen LogP contribution in [0.1, 0.15) is 0 Å². The third-order valence-corrected chi connectivity index (χ3v) is 2.08. The molecule has 1 N–H and O–H groups in total. The maximum absolute atomic E-state index is 13.2. The Bertz CT molecular complexity index is 370. The van der Waals surface area contributed by atoms with E-state index in [1.54, 1.807) is 0 Å². The quantitative estimate of drug-likeness (QED) is 0.496. The van der Waals surface area contributed by atoms with Crippen LogP contribution in [0.4, 0.5) is 23.2 Å². The zero-order valence-corrected chi connectivity index (χ0v) is 9.19. The highest BCUT2D eigenvalue weighted by Gasteiger charge is 2.19. The standard InChI is InChI=1S/C10H11F4NO2/c1-16-7(17-2)4-15-10-8(13)5(11)3-6(12)9(10)14/h3,7,15H,4H2,1-2H3. The number of hydrogen-bond donors (Lipinski definition) is 1. The number of ether oxygens (including phenoxy) is 2. The lowest BCUT2D eigenvalue weighted by Gasteiger charge is -2.16. The molecule has 0 aliphatic heterocycles. The first-order valence-corrected chi connectivity index (χ1v) is 4.63. The van der Waals surface area contributed by atoms with Gasteiger partial charge in [0.2, 0.25) is 0 Å². The first kappa shape index (κ1) is 13.7. The summed E-state index contributed by atoms with van der Waals surface area (Å²) in [6.07, 6.45) is -0.792. The van der Waals surface area contributed by atoms with Gasteiger partial charge in [-0.1, -0.05) is 0 Å². The van der Waals surface area contributed by atoms with Gasteiger partial charge in [0.1, 0.15) is 5.69 Å². The zero-order valence-electron chi connectivity index (χ0n) is 9.19. The molecule has 1 aromatic carbocycles. The highest BCUT2D eigenvalue weighted by molar-refractivity contribution is 5.47. The SMILES string of the molecule is COC(CNc1c(F)c(F)cc(F)c1F)OC. The number of halogens is 4. The van der Waals surface area contributed by atoms with Crippen molar-refractivity contribution in [1.82, 2.24) is 0 Å². The summed E-state index contributed by atoms with van der Waals surface area (Å²) in [6.45, 7) is -0.163. The minimum absolute atomic E-state index is 0.139. The van der Waals surface area contributed by atoms with Crippen LogP contribution in [-0.4, -0.2) is 27.1 Å². The van der Waals surface area contributed by atoms with Gasteiger partial charge in [-0.15, -0.1) is 0 Å². The van der Waals surface area contributed by atoms with E-state index in [1.807, 2.05) is 0 Å². The number of anilines is 1. The summed E-state index contributed by atoms with van der Waals surface area (Å²) >= 11 is 0. The average Bonchev–Trinajstić information content (AvgIpc) is 2.31. The summed E-state index contributed by atoms with van der Waals surface area (Å²) < 4.78 is 61.5. The molecule has 96 valence electrons. The van der Waals surface area contributed by atoms with E-state index in [-0.39, 0.29) is 12.6 Å². The third kappa shape index (κ3) is 3.07. The fourth-order valence-electron chi connectivity index (χ4n) is 1.18. The van der Waals surface area contributed by atoms with E-state index in [0.717, 1.165) is 0 Å². The second-order valence-electron chi connectivity index (χ2n) is 3.13. The van der Waals surface area contributed by atoms with Crippen molar-refractivity contribution < 1.29 is 27.0 Å². The van der Waals surface area contributed by atoms with Gasteiger partial charge in [-0.25, -0.2) is 17.6 Å². The van der Waals surface area contributed by atoms with Gasteiger partial charge in [0, 0.05) is 20.3 Å². The van der Waals surface area contributed by atoms with Crippen LogP contribution in [-0.2, 0) is 9.47 Å². The largest absolute Gasteiger partial charge is 0.375 e. The fraction of sp³-hybridized carbons (Fsp3) is 0.400. The third-order valence-electron chi connectivity index (χ3n) is 2.08. The van der Waals surface area contributed by atoms with Crippen LogP contribution in [0, 0.1) is 23.3 Å². The van der Waals surface area contributed by atoms with Gasteiger partial charge < -0.3 is 14.8 Å². The van der Waals surface area contributed by atoms with Crippen LogP contribution in [0.15, 0.2) is 6.07 Å². The highest BCUT2D eigenvalue weighted by atomic mass is 19.2. The number of benzene rings is 1. The maximum Gasteiger partial charge on any atom is 0.185 e. The Morgan fingerprint density at radius 3 is 1.94 bits per heavy atom. The Kier molecular flexibility index (Phi) is 4.71. The summed E-state index contributed by atoms with van der Waals surface area (Å²) in [6, 6.07) is 0.139. The van der Waals surface area contributed by atoms with Crippen LogP contribution in [0.3, 0.4) is 0 Å². The van der Waals surface area contributed by atoms with E-state index < -0.39 is 35.2 Å². The summed E-state index contributed by atoms with van der Waals surface area (Å²) in [5.74, 6) is -5.93. The van der Waals surface area contributed by atoms with Gasteiger partial charge in [0.15, 0.2) is 29.6 Å². The molecule has 0 aliphatic rings. The number of rotatable bonds is 5. The summed E-state index contributed by atoms with van der Waals surface area (Å²) in [5.41, 5.74) is -0.887. The Hall–Kier alpha value is -1.34. The molecule has 0 unspecified atom stereocenters. The van der Waals surface area contributed by atoms with Gasteiger partial charge >= 0.3 is 0 Å². The predicted octanol–water partition coefficient (Wildman–Crippen LogP) is 2.27. The molecule has 0 amide bonds. The van der Waals surface area contributed by atoms with Crippen molar-refractivity contribution in [2.45, 2.75) is 6.29 Å². The normalized spacial score (nSPS) is 11.0. The van der Waals surface area contributed by atoms with Gasteiger partial charge in [0.05, 0.1) is 6.54 Å². The van der Waals surface area contributed by atoms with E-state index in [1.165, 1.54) is 14.2 Å². The molecule has 7 heteroatoms. The molecule has 0 saturated heterocycles. The summed E-state index contributed by atoms with van der Waals surface area (Å²) in [7, 11) is 2.63. The van der Waals surface area contributed by atoms with Crippen LogP contribution in [0.5, 0.6) is 0 Å². The van der Waals surface area contributed by atoms with Crippen molar-refractivity contribution in [1.29, 1.82) is 0 Å².